The summed E-state index contributed by atoms with van der Waals surface area (Å²) in [7, 11) is 5.06. The van der Waals surface area contributed by atoms with Crippen LogP contribution in [0.1, 0.15) is 22.7 Å². The van der Waals surface area contributed by atoms with Gasteiger partial charge in [-0.3, -0.25) is 4.68 Å². The van der Waals surface area contributed by atoms with E-state index in [9.17, 15) is 0 Å². The van der Waals surface area contributed by atoms with Gasteiger partial charge in [0.05, 0.1) is 25.5 Å². The Balaban J connectivity index is 1.61. The average Bonchev–Trinajstić information content (AvgIpc) is 3.24. The molecule has 0 atom stereocenters. The van der Waals surface area contributed by atoms with E-state index < -0.39 is 0 Å². The standard InChI is InChI=1S/C22H24N4O4/c1-12-10-18(24-21-19(12)13(2)25-26(21)4)29-11-16-14(3)30-22(23-16)15-8-7-9-17(27-5)20(15)28-6/h7-10H,11H2,1-6H3. The fourth-order valence-corrected chi connectivity index (χ4v) is 3.58. The van der Waals surface area contributed by atoms with Crippen molar-refractivity contribution in [2.24, 2.45) is 7.05 Å². The Labute approximate surface area is 174 Å². The predicted octanol–water partition coefficient (Wildman–Crippen LogP) is 4.14. The quantitative estimate of drug-likeness (QED) is 0.474. The number of ether oxygens (including phenoxy) is 3. The van der Waals surface area contributed by atoms with Gasteiger partial charge in [-0.25, -0.2) is 4.98 Å². The highest BCUT2D eigenvalue weighted by molar-refractivity contribution is 5.82. The average molecular weight is 408 g/mol. The first-order chi connectivity index (χ1) is 14.4. The molecule has 0 unspecified atom stereocenters. The second kappa shape index (κ2) is 7.70. The van der Waals surface area contributed by atoms with Gasteiger partial charge in [0, 0.05) is 18.5 Å². The summed E-state index contributed by atoms with van der Waals surface area (Å²) >= 11 is 0. The summed E-state index contributed by atoms with van der Waals surface area (Å²) in [5, 5.41) is 5.49. The van der Waals surface area contributed by atoms with E-state index in [1.165, 1.54) is 0 Å². The third-order valence-corrected chi connectivity index (χ3v) is 5.03. The molecule has 3 heterocycles. The lowest BCUT2D eigenvalue weighted by Gasteiger charge is -2.10. The number of methoxy groups -OCH3 is 2. The zero-order valence-corrected chi connectivity index (χ0v) is 17.9. The third kappa shape index (κ3) is 3.34. The number of hydrogen-bond acceptors (Lipinski definition) is 7. The van der Waals surface area contributed by atoms with Gasteiger partial charge in [0.2, 0.25) is 11.8 Å². The van der Waals surface area contributed by atoms with Crippen LogP contribution in [-0.2, 0) is 13.7 Å². The van der Waals surface area contributed by atoms with E-state index >= 15 is 0 Å². The minimum Gasteiger partial charge on any atom is -0.493 e. The van der Waals surface area contributed by atoms with E-state index in [-0.39, 0.29) is 6.61 Å². The Kier molecular flexibility index (Phi) is 5.07. The van der Waals surface area contributed by atoms with Gasteiger partial charge < -0.3 is 18.6 Å². The summed E-state index contributed by atoms with van der Waals surface area (Å²) in [5.74, 6) is 2.82. The van der Waals surface area contributed by atoms with Crippen molar-refractivity contribution in [3.8, 4) is 28.8 Å². The maximum absolute atomic E-state index is 5.95. The second-order valence-corrected chi connectivity index (χ2v) is 7.04. The van der Waals surface area contributed by atoms with Gasteiger partial charge in [-0.1, -0.05) is 6.07 Å². The van der Waals surface area contributed by atoms with Crippen molar-refractivity contribution >= 4 is 11.0 Å². The van der Waals surface area contributed by atoms with Gasteiger partial charge in [0.15, 0.2) is 17.1 Å². The van der Waals surface area contributed by atoms with E-state index in [0.29, 0.717) is 40.3 Å². The number of hydrogen-bond donors (Lipinski definition) is 0. The second-order valence-electron chi connectivity index (χ2n) is 7.04. The minimum absolute atomic E-state index is 0.233. The first-order valence-electron chi connectivity index (χ1n) is 9.54. The summed E-state index contributed by atoms with van der Waals surface area (Å²) in [4.78, 5) is 9.21. The Morgan fingerprint density at radius 3 is 2.60 bits per heavy atom. The van der Waals surface area contributed by atoms with Crippen LogP contribution in [0.2, 0.25) is 0 Å². The van der Waals surface area contributed by atoms with Crippen molar-refractivity contribution in [3.05, 3.63) is 47.0 Å². The van der Waals surface area contributed by atoms with Gasteiger partial charge in [0.25, 0.3) is 0 Å². The molecule has 0 aliphatic heterocycles. The van der Waals surface area contributed by atoms with Crippen molar-refractivity contribution < 1.29 is 18.6 Å². The lowest BCUT2D eigenvalue weighted by molar-refractivity contribution is 0.288. The molecule has 0 radical (unpaired) electrons. The van der Waals surface area contributed by atoms with Gasteiger partial charge in [0.1, 0.15) is 18.1 Å². The zero-order chi connectivity index (χ0) is 21.4. The molecule has 0 saturated carbocycles. The van der Waals surface area contributed by atoms with E-state index in [4.69, 9.17) is 18.6 Å². The molecule has 0 aliphatic carbocycles. The SMILES string of the molecule is COc1cccc(-c2nc(COc3cc(C)c4c(C)nn(C)c4n3)c(C)o2)c1OC. The molecule has 8 nitrogen and oxygen atoms in total. The van der Waals surface area contributed by atoms with E-state index in [0.717, 1.165) is 22.3 Å². The van der Waals surface area contributed by atoms with Crippen molar-refractivity contribution in [2.45, 2.75) is 27.4 Å². The predicted molar refractivity (Wildman–Crippen MR) is 112 cm³/mol. The largest absolute Gasteiger partial charge is 0.493 e. The topological polar surface area (TPSA) is 84.4 Å². The fraction of sp³-hybridized carbons (Fsp3) is 0.318. The van der Waals surface area contributed by atoms with Crippen LogP contribution >= 0.6 is 0 Å². The Morgan fingerprint density at radius 2 is 1.87 bits per heavy atom. The first-order valence-corrected chi connectivity index (χ1v) is 9.54. The molecule has 30 heavy (non-hydrogen) atoms. The van der Waals surface area contributed by atoms with Gasteiger partial charge >= 0.3 is 0 Å². The van der Waals surface area contributed by atoms with Crippen molar-refractivity contribution in [2.75, 3.05) is 14.2 Å². The number of aromatic nitrogens is 4. The third-order valence-electron chi connectivity index (χ3n) is 5.03. The monoisotopic (exact) mass is 408 g/mol. The van der Waals surface area contributed by atoms with E-state index in [2.05, 4.69) is 15.1 Å². The van der Waals surface area contributed by atoms with Crippen LogP contribution in [0, 0.1) is 20.8 Å². The number of benzene rings is 1. The Bertz CT molecular complexity index is 1230. The molecule has 0 N–H and O–H groups in total. The molecule has 0 spiro atoms. The smallest absolute Gasteiger partial charge is 0.230 e. The maximum Gasteiger partial charge on any atom is 0.230 e. The highest BCUT2D eigenvalue weighted by atomic mass is 16.5. The molecule has 4 rings (SSSR count). The molecular weight excluding hydrogens is 384 g/mol. The molecular formula is C22H24N4O4. The molecule has 4 aromatic rings. The molecule has 0 aliphatic rings. The number of nitrogens with zero attached hydrogens (tertiary/aromatic N) is 4. The first kappa shape index (κ1) is 19.8. The molecule has 0 fully saturated rings. The Morgan fingerprint density at radius 1 is 1.07 bits per heavy atom. The number of oxazole rings is 1. The van der Waals surface area contributed by atoms with Gasteiger partial charge in [-0.2, -0.15) is 10.1 Å². The number of fused-ring (bicyclic) bond motifs is 1. The maximum atomic E-state index is 5.95. The molecule has 3 aromatic heterocycles. The minimum atomic E-state index is 0.233. The number of aryl methyl sites for hydroxylation is 4. The lowest BCUT2D eigenvalue weighted by Crippen LogP contribution is -2.01. The van der Waals surface area contributed by atoms with Crippen molar-refractivity contribution in [1.29, 1.82) is 0 Å². The molecule has 156 valence electrons. The summed E-state index contributed by atoms with van der Waals surface area (Å²) in [6.45, 7) is 6.09. The zero-order valence-electron chi connectivity index (χ0n) is 17.9. The van der Waals surface area contributed by atoms with Crippen LogP contribution in [0.5, 0.6) is 17.4 Å². The summed E-state index contributed by atoms with van der Waals surface area (Å²) in [6.07, 6.45) is 0. The van der Waals surface area contributed by atoms with E-state index in [1.54, 1.807) is 18.9 Å². The summed E-state index contributed by atoms with van der Waals surface area (Å²) in [6, 6.07) is 7.48. The molecule has 1 aromatic carbocycles. The normalized spacial score (nSPS) is 11.1. The summed E-state index contributed by atoms with van der Waals surface area (Å²) < 4.78 is 24.5. The van der Waals surface area contributed by atoms with Crippen LogP contribution in [0.4, 0.5) is 0 Å². The highest BCUT2D eigenvalue weighted by Crippen LogP contribution is 2.38. The van der Waals surface area contributed by atoms with Crippen LogP contribution in [0.15, 0.2) is 28.7 Å². The van der Waals surface area contributed by atoms with Gasteiger partial charge in [-0.05, 0) is 38.5 Å². The van der Waals surface area contributed by atoms with Crippen LogP contribution in [0.3, 0.4) is 0 Å². The fourth-order valence-electron chi connectivity index (χ4n) is 3.58. The van der Waals surface area contributed by atoms with E-state index in [1.807, 2.05) is 52.1 Å². The number of rotatable bonds is 6. The molecule has 0 amide bonds. The molecule has 8 heteroatoms. The Hall–Kier alpha value is -3.55. The van der Waals surface area contributed by atoms with Crippen LogP contribution in [-0.4, -0.2) is 34.0 Å². The van der Waals surface area contributed by atoms with Crippen LogP contribution in [0.25, 0.3) is 22.5 Å². The van der Waals surface area contributed by atoms with Crippen molar-refractivity contribution in [3.63, 3.8) is 0 Å². The lowest BCUT2D eigenvalue weighted by atomic mass is 10.2. The number of pyridine rings is 1. The molecule has 0 bridgehead atoms. The highest BCUT2D eigenvalue weighted by Gasteiger charge is 2.19. The summed E-state index contributed by atoms with van der Waals surface area (Å²) in [5.41, 5.74) is 4.22. The number of para-hydroxylation sites is 1. The van der Waals surface area contributed by atoms with Crippen molar-refractivity contribution in [1.82, 2.24) is 19.7 Å². The van der Waals surface area contributed by atoms with Crippen LogP contribution < -0.4 is 14.2 Å². The molecule has 0 saturated heterocycles. The van der Waals surface area contributed by atoms with Gasteiger partial charge in [-0.15, -0.1) is 0 Å².